The second kappa shape index (κ2) is 10.5. The molecule has 0 spiro atoms. The zero-order chi connectivity index (χ0) is 24.9. The summed E-state index contributed by atoms with van der Waals surface area (Å²) in [7, 11) is 0. The summed E-state index contributed by atoms with van der Waals surface area (Å²) in [5.41, 5.74) is 3.90. The molecular weight excluding hydrogens is 442 g/mol. The molecule has 1 unspecified atom stereocenters. The van der Waals surface area contributed by atoms with E-state index < -0.39 is 6.04 Å². The van der Waals surface area contributed by atoms with Gasteiger partial charge in [-0.2, -0.15) is 0 Å². The van der Waals surface area contributed by atoms with Gasteiger partial charge in [-0.3, -0.25) is 14.5 Å². The van der Waals surface area contributed by atoms with Gasteiger partial charge < -0.3 is 9.73 Å². The van der Waals surface area contributed by atoms with Crippen LogP contribution in [0.2, 0.25) is 0 Å². The fraction of sp³-hybridized carbons (Fsp3) is 0.333. The lowest BCUT2D eigenvalue weighted by Gasteiger charge is -2.32. The van der Waals surface area contributed by atoms with Gasteiger partial charge in [0.2, 0.25) is 5.91 Å². The summed E-state index contributed by atoms with van der Waals surface area (Å²) < 4.78 is 7.26. The van der Waals surface area contributed by atoms with Crippen LogP contribution in [0.25, 0.3) is 11.0 Å². The first kappa shape index (κ1) is 24.2. The number of fused-ring (bicyclic) bond motifs is 1. The number of furan rings is 1. The molecule has 0 aliphatic heterocycles. The van der Waals surface area contributed by atoms with Crippen molar-refractivity contribution >= 4 is 28.5 Å². The first-order valence-corrected chi connectivity index (χ1v) is 11.8. The van der Waals surface area contributed by atoms with E-state index in [4.69, 9.17) is 4.42 Å². The zero-order valence-corrected chi connectivity index (χ0v) is 20.6. The van der Waals surface area contributed by atoms with Crippen molar-refractivity contribution in [3.63, 3.8) is 0 Å². The van der Waals surface area contributed by atoms with Crippen LogP contribution in [0.15, 0.2) is 65.3 Å². The third kappa shape index (κ3) is 5.26. The van der Waals surface area contributed by atoms with Gasteiger partial charge in [-0.25, -0.2) is 4.68 Å². The predicted molar refractivity (Wildman–Crippen MR) is 135 cm³/mol. The first-order valence-electron chi connectivity index (χ1n) is 11.8. The molecule has 0 radical (unpaired) electrons. The van der Waals surface area contributed by atoms with E-state index >= 15 is 0 Å². The molecule has 8 heteroatoms. The van der Waals surface area contributed by atoms with Gasteiger partial charge in [0.1, 0.15) is 17.8 Å². The number of benzene rings is 2. The molecule has 0 aliphatic rings. The van der Waals surface area contributed by atoms with E-state index in [1.165, 1.54) is 6.26 Å². The molecule has 0 fully saturated rings. The van der Waals surface area contributed by atoms with Crippen LogP contribution < -0.4 is 10.2 Å². The van der Waals surface area contributed by atoms with Crippen LogP contribution in [0.1, 0.15) is 43.2 Å². The van der Waals surface area contributed by atoms with Gasteiger partial charge >= 0.3 is 0 Å². The molecule has 182 valence electrons. The van der Waals surface area contributed by atoms with Crippen molar-refractivity contribution in [3.8, 4) is 0 Å². The number of carbonyl (C=O) groups excluding carboxylic acids is 2. The topological polar surface area (TPSA) is 93.3 Å². The Morgan fingerprint density at radius 3 is 2.46 bits per heavy atom. The van der Waals surface area contributed by atoms with Crippen LogP contribution in [0, 0.1) is 19.8 Å². The van der Waals surface area contributed by atoms with E-state index in [2.05, 4.69) is 29.5 Å². The molecule has 1 atom stereocenters. The predicted octanol–water partition coefficient (Wildman–Crippen LogP) is 4.58. The number of nitrogens with one attached hydrogen (secondary N) is 1. The van der Waals surface area contributed by atoms with Crippen LogP contribution in [0.5, 0.6) is 0 Å². The summed E-state index contributed by atoms with van der Waals surface area (Å²) in [5.74, 6) is 0.249. The Morgan fingerprint density at radius 2 is 1.77 bits per heavy atom. The third-order valence-corrected chi connectivity index (χ3v) is 5.99. The zero-order valence-electron chi connectivity index (χ0n) is 20.6. The summed E-state index contributed by atoms with van der Waals surface area (Å²) >= 11 is 0. The number of aryl methyl sites for hydroxylation is 2. The fourth-order valence-corrected chi connectivity index (χ4v) is 4.22. The highest BCUT2D eigenvalue weighted by Gasteiger charge is 2.36. The average molecular weight is 474 g/mol. The minimum Gasteiger partial charge on any atom is -0.467 e. The number of amides is 2. The highest BCUT2D eigenvalue weighted by Crippen LogP contribution is 2.34. The SMILES string of the molecule is Cc1cccc(C)c1N(C(=O)Cn1nnc2ccccc21)C(C(=O)NCCC(C)C)c1ccco1. The molecule has 4 aromatic rings. The monoisotopic (exact) mass is 473 g/mol. The molecule has 2 aromatic carbocycles. The van der Waals surface area contributed by atoms with E-state index in [9.17, 15) is 9.59 Å². The second-order valence-corrected chi connectivity index (χ2v) is 9.13. The Hall–Kier alpha value is -3.94. The number of rotatable bonds is 9. The number of para-hydroxylation sites is 2. The van der Waals surface area contributed by atoms with Crippen molar-refractivity contribution in [2.45, 2.75) is 46.7 Å². The summed E-state index contributed by atoms with van der Waals surface area (Å²) in [6.07, 6.45) is 2.35. The number of aromatic nitrogens is 3. The fourth-order valence-electron chi connectivity index (χ4n) is 4.22. The van der Waals surface area contributed by atoms with Crippen molar-refractivity contribution in [3.05, 3.63) is 77.7 Å². The summed E-state index contributed by atoms with van der Waals surface area (Å²) in [6.45, 7) is 8.50. The maximum Gasteiger partial charge on any atom is 0.251 e. The Morgan fingerprint density at radius 1 is 1.03 bits per heavy atom. The van der Waals surface area contributed by atoms with Gasteiger partial charge in [-0.1, -0.05) is 49.4 Å². The first-order chi connectivity index (χ1) is 16.9. The van der Waals surface area contributed by atoms with Gasteiger partial charge in [0.15, 0.2) is 6.04 Å². The molecule has 0 bridgehead atoms. The molecule has 0 saturated carbocycles. The molecule has 1 N–H and O–H groups in total. The maximum atomic E-state index is 14.0. The van der Waals surface area contributed by atoms with Gasteiger partial charge in [0.25, 0.3) is 5.91 Å². The normalized spacial score (nSPS) is 12.1. The van der Waals surface area contributed by atoms with Gasteiger partial charge in [-0.05, 0) is 61.6 Å². The Kier molecular flexibility index (Phi) is 7.29. The van der Waals surface area contributed by atoms with Gasteiger partial charge in [-0.15, -0.1) is 5.10 Å². The highest BCUT2D eigenvalue weighted by atomic mass is 16.3. The van der Waals surface area contributed by atoms with Crippen LogP contribution >= 0.6 is 0 Å². The van der Waals surface area contributed by atoms with Crippen molar-refractivity contribution < 1.29 is 14.0 Å². The quantitative estimate of drug-likeness (QED) is 0.384. The highest BCUT2D eigenvalue weighted by molar-refractivity contribution is 6.02. The molecular formula is C27H31N5O3. The van der Waals surface area contributed by atoms with E-state index in [0.717, 1.165) is 23.1 Å². The molecule has 4 rings (SSSR count). The molecule has 0 aliphatic carbocycles. The molecule has 8 nitrogen and oxygen atoms in total. The average Bonchev–Trinajstić information content (AvgIpc) is 3.48. The van der Waals surface area contributed by atoms with E-state index in [-0.39, 0.29) is 18.4 Å². The summed E-state index contributed by atoms with van der Waals surface area (Å²) in [5, 5.41) is 11.4. The number of nitrogens with zero attached hydrogens (tertiary/aromatic N) is 4. The van der Waals surface area contributed by atoms with Crippen molar-refractivity contribution in [1.82, 2.24) is 20.3 Å². The summed E-state index contributed by atoms with van der Waals surface area (Å²) in [4.78, 5) is 29.1. The third-order valence-electron chi connectivity index (χ3n) is 5.99. The molecule has 35 heavy (non-hydrogen) atoms. The van der Waals surface area contributed by atoms with Crippen molar-refractivity contribution in [2.24, 2.45) is 5.92 Å². The number of carbonyl (C=O) groups is 2. The number of hydrogen-bond donors (Lipinski definition) is 1. The lowest BCUT2D eigenvalue weighted by molar-refractivity contribution is -0.127. The molecule has 2 amide bonds. The van der Waals surface area contributed by atoms with Gasteiger partial charge in [0.05, 0.1) is 17.5 Å². The lowest BCUT2D eigenvalue weighted by Crippen LogP contribution is -2.46. The Balaban J connectivity index is 1.77. The minimum absolute atomic E-state index is 0.0786. The van der Waals surface area contributed by atoms with Gasteiger partial charge in [0, 0.05) is 6.54 Å². The van der Waals surface area contributed by atoms with Crippen LogP contribution in [-0.2, 0) is 16.1 Å². The largest absolute Gasteiger partial charge is 0.467 e. The van der Waals surface area contributed by atoms with Crippen LogP contribution in [0.3, 0.4) is 0 Å². The van der Waals surface area contributed by atoms with E-state index in [1.54, 1.807) is 21.7 Å². The standard InChI is InChI=1S/C27H31N5O3/c1-18(2)14-15-28-27(34)26(23-13-8-16-35-23)32(25-19(3)9-7-10-20(25)4)24(33)17-31-22-12-6-5-11-21(22)29-30-31/h5-13,16,18,26H,14-15,17H2,1-4H3,(H,28,34). The van der Waals surface area contributed by atoms with Crippen molar-refractivity contribution in [2.75, 3.05) is 11.4 Å². The number of anilines is 1. The molecule has 0 saturated heterocycles. The second-order valence-electron chi connectivity index (χ2n) is 9.13. The summed E-state index contributed by atoms with van der Waals surface area (Å²) in [6, 6.07) is 15.8. The minimum atomic E-state index is -0.973. The maximum absolute atomic E-state index is 14.0. The Labute approximate surface area is 204 Å². The smallest absolute Gasteiger partial charge is 0.251 e. The van der Waals surface area contributed by atoms with E-state index in [0.29, 0.717) is 29.4 Å². The van der Waals surface area contributed by atoms with E-state index in [1.807, 2.05) is 56.3 Å². The lowest BCUT2D eigenvalue weighted by atomic mass is 10.0. The molecule has 2 aromatic heterocycles. The van der Waals surface area contributed by atoms with Crippen LogP contribution in [0.4, 0.5) is 5.69 Å². The van der Waals surface area contributed by atoms with Crippen LogP contribution in [-0.4, -0.2) is 33.4 Å². The Bertz CT molecular complexity index is 1290. The number of hydrogen-bond acceptors (Lipinski definition) is 5. The molecule has 2 heterocycles. The van der Waals surface area contributed by atoms with Crippen molar-refractivity contribution in [1.29, 1.82) is 0 Å².